The zero-order chi connectivity index (χ0) is 13.2. The molecular weight excluding hydrogens is 351 g/mol. The van der Waals surface area contributed by atoms with Crippen LogP contribution in [-0.4, -0.2) is 46.7 Å². The lowest BCUT2D eigenvalue weighted by atomic mass is 10.1. The lowest BCUT2D eigenvalue weighted by Gasteiger charge is -2.30. The summed E-state index contributed by atoms with van der Waals surface area (Å²) in [5.74, 6) is -2.05. The van der Waals surface area contributed by atoms with E-state index in [0.29, 0.717) is 6.61 Å². The minimum atomic E-state index is -0.822. The van der Waals surface area contributed by atoms with E-state index in [1.165, 1.54) is 0 Å². The Morgan fingerprint density at radius 2 is 1.78 bits per heavy atom. The first-order chi connectivity index (χ1) is 8.27. The number of ether oxygens (including phenoxy) is 5. The van der Waals surface area contributed by atoms with Crippen LogP contribution < -0.4 is 0 Å². The molecule has 18 heavy (non-hydrogen) atoms. The second kappa shape index (κ2) is 4.02. The van der Waals surface area contributed by atoms with Gasteiger partial charge in [0.1, 0.15) is 18.8 Å². The van der Waals surface area contributed by atoms with Gasteiger partial charge in [-0.25, -0.2) is 0 Å². The molecule has 0 aliphatic carbocycles. The van der Waals surface area contributed by atoms with Gasteiger partial charge in [0.25, 0.3) is 0 Å². The number of rotatable bonds is 1. The van der Waals surface area contributed by atoms with Crippen LogP contribution in [0.3, 0.4) is 0 Å². The molecule has 3 fully saturated rings. The maximum Gasteiger partial charge on any atom is 0.224 e. The van der Waals surface area contributed by atoms with Crippen molar-refractivity contribution < 1.29 is 23.7 Å². The highest BCUT2D eigenvalue weighted by Crippen LogP contribution is 2.49. The number of fused-ring (bicyclic) bond motifs is 2. The van der Waals surface area contributed by atoms with Crippen molar-refractivity contribution in [2.24, 2.45) is 0 Å². The molecule has 0 saturated carbocycles. The minimum absolute atomic E-state index is 0.0186. The van der Waals surface area contributed by atoms with Gasteiger partial charge in [-0.3, -0.25) is 0 Å². The van der Waals surface area contributed by atoms with Crippen LogP contribution in [0.5, 0.6) is 0 Å². The fourth-order valence-electron chi connectivity index (χ4n) is 2.86. The second-order valence-corrected chi connectivity index (χ2v) is 6.81. The van der Waals surface area contributed by atoms with Crippen molar-refractivity contribution in [1.82, 2.24) is 0 Å². The molecule has 3 aliphatic rings. The third kappa shape index (κ3) is 2.01. The van der Waals surface area contributed by atoms with Crippen LogP contribution >= 0.6 is 22.6 Å². The van der Waals surface area contributed by atoms with Gasteiger partial charge in [-0.2, -0.15) is 0 Å². The smallest absolute Gasteiger partial charge is 0.224 e. The summed E-state index contributed by atoms with van der Waals surface area (Å²) in [5, 5.41) is 0. The maximum atomic E-state index is 6.05. The normalized spacial score (nSPS) is 48.8. The summed E-state index contributed by atoms with van der Waals surface area (Å²) in [6.45, 7) is 8.00. The summed E-state index contributed by atoms with van der Waals surface area (Å²) in [6, 6.07) is 0. The summed E-state index contributed by atoms with van der Waals surface area (Å²) in [6.07, 6.45) is -0.335. The molecule has 3 saturated heterocycles. The van der Waals surface area contributed by atoms with E-state index in [4.69, 9.17) is 23.7 Å². The van der Waals surface area contributed by atoms with Crippen molar-refractivity contribution in [2.75, 3.05) is 11.0 Å². The Morgan fingerprint density at radius 1 is 1.06 bits per heavy atom. The summed E-state index contributed by atoms with van der Waals surface area (Å²) >= 11 is 2.30. The third-order valence-electron chi connectivity index (χ3n) is 3.47. The van der Waals surface area contributed by atoms with Gasteiger partial charge in [-0.15, -0.1) is 0 Å². The summed E-state index contributed by atoms with van der Waals surface area (Å²) in [4.78, 5) is 0. The topological polar surface area (TPSA) is 46.2 Å². The summed E-state index contributed by atoms with van der Waals surface area (Å²) in [5.41, 5.74) is 0. The molecule has 3 rings (SSSR count). The van der Waals surface area contributed by atoms with Gasteiger partial charge < -0.3 is 23.7 Å². The van der Waals surface area contributed by atoms with Crippen LogP contribution in [0.1, 0.15) is 27.7 Å². The van der Waals surface area contributed by atoms with Gasteiger partial charge in [0.2, 0.25) is 5.79 Å². The average Bonchev–Trinajstić information content (AvgIpc) is 2.81. The maximum absolute atomic E-state index is 6.05. The highest BCUT2D eigenvalue weighted by atomic mass is 127. The van der Waals surface area contributed by atoms with Crippen LogP contribution in [-0.2, 0) is 23.7 Å². The Kier molecular flexibility index (Phi) is 3.02. The quantitative estimate of drug-likeness (QED) is 0.521. The molecule has 4 atom stereocenters. The Bertz CT molecular complexity index is 358. The fourth-order valence-corrected chi connectivity index (χ4v) is 3.54. The van der Waals surface area contributed by atoms with Crippen LogP contribution in [0, 0.1) is 0 Å². The number of alkyl halides is 1. The molecule has 104 valence electrons. The molecule has 5 nitrogen and oxygen atoms in total. The minimum Gasteiger partial charge on any atom is -0.345 e. The van der Waals surface area contributed by atoms with E-state index in [0.717, 1.165) is 4.43 Å². The molecule has 1 spiro atoms. The van der Waals surface area contributed by atoms with Crippen LogP contribution in [0.2, 0.25) is 0 Å². The predicted molar refractivity (Wildman–Crippen MR) is 71.4 cm³/mol. The fraction of sp³-hybridized carbons (Fsp3) is 1.00. The van der Waals surface area contributed by atoms with Gasteiger partial charge >= 0.3 is 0 Å². The zero-order valence-corrected chi connectivity index (χ0v) is 13.2. The van der Waals surface area contributed by atoms with Crippen molar-refractivity contribution in [1.29, 1.82) is 0 Å². The largest absolute Gasteiger partial charge is 0.345 e. The van der Waals surface area contributed by atoms with Crippen molar-refractivity contribution in [2.45, 2.75) is 63.4 Å². The molecule has 0 aromatic carbocycles. The molecule has 0 aromatic heterocycles. The second-order valence-electron chi connectivity index (χ2n) is 5.93. The molecule has 0 bridgehead atoms. The predicted octanol–water partition coefficient (Wildman–Crippen LogP) is 1.82. The molecule has 3 heterocycles. The van der Waals surface area contributed by atoms with Gasteiger partial charge in [-0.1, -0.05) is 22.6 Å². The first-order valence-corrected chi connectivity index (χ1v) is 7.73. The van der Waals surface area contributed by atoms with E-state index in [-0.39, 0.29) is 18.3 Å². The zero-order valence-electron chi connectivity index (χ0n) is 11.1. The van der Waals surface area contributed by atoms with E-state index < -0.39 is 17.4 Å². The SMILES string of the molecule is CC1(C)O[C@H]2[C@@H](O1)[C@@]1(COC(C)(C)O1)O[C@@H]2CI. The molecule has 0 unspecified atom stereocenters. The molecule has 0 radical (unpaired) electrons. The monoisotopic (exact) mass is 370 g/mol. The molecule has 0 N–H and O–H groups in total. The highest BCUT2D eigenvalue weighted by molar-refractivity contribution is 14.1. The summed E-state index contributed by atoms with van der Waals surface area (Å²) < 4.78 is 30.5. The van der Waals surface area contributed by atoms with E-state index in [9.17, 15) is 0 Å². The van der Waals surface area contributed by atoms with Gasteiger partial charge in [0.15, 0.2) is 11.6 Å². The third-order valence-corrected chi connectivity index (χ3v) is 4.34. The summed E-state index contributed by atoms with van der Waals surface area (Å²) in [7, 11) is 0. The first-order valence-electron chi connectivity index (χ1n) is 6.20. The molecular formula is C12H19IO5. The molecule has 0 aromatic rings. The number of hydrogen-bond acceptors (Lipinski definition) is 5. The molecule has 6 heteroatoms. The van der Waals surface area contributed by atoms with Crippen molar-refractivity contribution in [3.63, 3.8) is 0 Å². The van der Waals surface area contributed by atoms with Gasteiger partial charge in [0.05, 0.1) is 6.10 Å². The Morgan fingerprint density at radius 3 is 2.33 bits per heavy atom. The van der Waals surface area contributed by atoms with Gasteiger partial charge in [0, 0.05) is 4.43 Å². The number of hydrogen-bond donors (Lipinski definition) is 0. The highest BCUT2D eigenvalue weighted by Gasteiger charge is 2.67. The van der Waals surface area contributed by atoms with Crippen LogP contribution in [0.15, 0.2) is 0 Å². The number of halogens is 1. The van der Waals surface area contributed by atoms with Crippen molar-refractivity contribution in [3.8, 4) is 0 Å². The molecule has 3 aliphatic heterocycles. The van der Waals surface area contributed by atoms with Crippen molar-refractivity contribution >= 4 is 22.6 Å². The van der Waals surface area contributed by atoms with Crippen molar-refractivity contribution in [3.05, 3.63) is 0 Å². The Hall–Kier alpha value is 0.530. The average molecular weight is 370 g/mol. The van der Waals surface area contributed by atoms with E-state index in [1.54, 1.807) is 0 Å². The Labute approximate surface area is 121 Å². The standard InChI is InChI=1S/C12H19IO5/c1-10(2)14-6-12(18-10)9-8(7(5-13)15-12)16-11(3,4)17-9/h7-9H,5-6H2,1-4H3/t7-,8-,9-,12+/m1/s1. The van der Waals surface area contributed by atoms with Crippen LogP contribution in [0.4, 0.5) is 0 Å². The first kappa shape index (κ1) is 13.5. The van der Waals surface area contributed by atoms with E-state index in [1.807, 2.05) is 27.7 Å². The van der Waals surface area contributed by atoms with E-state index in [2.05, 4.69) is 22.6 Å². The van der Waals surface area contributed by atoms with Crippen LogP contribution in [0.25, 0.3) is 0 Å². The Balaban J connectivity index is 1.89. The lowest BCUT2D eigenvalue weighted by molar-refractivity contribution is -0.293. The lowest BCUT2D eigenvalue weighted by Crippen LogP contribution is -2.46. The molecule has 0 amide bonds. The van der Waals surface area contributed by atoms with E-state index >= 15 is 0 Å². The van der Waals surface area contributed by atoms with Gasteiger partial charge in [-0.05, 0) is 27.7 Å².